The van der Waals surface area contributed by atoms with Gasteiger partial charge in [0, 0.05) is 0 Å². The van der Waals surface area contributed by atoms with Gasteiger partial charge in [0.05, 0.1) is 0 Å². The highest BCUT2D eigenvalue weighted by atomic mass is 19.3. The second kappa shape index (κ2) is 2.53. The molecule has 0 aliphatic rings. The zero-order valence-corrected chi connectivity index (χ0v) is 4.65. The maximum atomic E-state index is 11.7. The molecule has 0 aliphatic heterocycles. The van der Waals surface area contributed by atoms with Crippen LogP contribution in [0.15, 0.2) is 0 Å². The molecule has 0 aromatic heterocycles. The van der Waals surface area contributed by atoms with Crippen molar-refractivity contribution in [3.8, 4) is 0 Å². The molecule has 0 bridgehead atoms. The highest BCUT2D eigenvalue weighted by Gasteiger charge is 2.55. The van der Waals surface area contributed by atoms with E-state index >= 15 is 0 Å². The lowest BCUT2D eigenvalue weighted by Crippen LogP contribution is -2.44. The van der Waals surface area contributed by atoms with E-state index < -0.39 is 24.7 Å². The van der Waals surface area contributed by atoms with Gasteiger partial charge in [-0.05, 0) is 0 Å². The predicted octanol–water partition coefficient (Wildman–Crippen LogP) is 0.448. The maximum Gasteiger partial charge on any atom is 0.366 e. The summed E-state index contributed by atoms with van der Waals surface area (Å²) in [5.41, 5.74) is 0. The molecule has 6 heteroatoms. The third kappa shape index (κ3) is 1.44. The summed E-state index contributed by atoms with van der Waals surface area (Å²) in [6.45, 7) is -2.04. The lowest BCUT2D eigenvalue weighted by atomic mass is 10.2. The highest BCUT2D eigenvalue weighted by molar-refractivity contribution is 5.61. The normalized spacial score (nSPS) is 13.3. The maximum absolute atomic E-state index is 11.7. The van der Waals surface area contributed by atoms with Crippen molar-refractivity contribution in [1.29, 1.82) is 0 Å². The van der Waals surface area contributed by atoms with Gasteiger partial charge in [0.2, 0.25) is 0 Å². The Kier molecular flexibility index (Phi) is 2.37. The molecule has 10 heavy (non-hydrogen) atoms. The number of hydrogen-bond donors (Lipinski definition) is 1. The Labute approximate surface area is 53.5 Å². The number of aliphatic hydroxyl groups excluding tert-OH is 1. The Hall–Kier alpha value is -0.650. The van der Waals surface area contributed by atoms with Crippen LogP contribution in [0.1, 0.15) is 0 Å². The molecule has 0 fully saturated rings. The van der Waals surface area contributed by atoms with E-state index in [0.29, 0.717) is 0 Å². The zero-order valence-electron chi connectivity index (χ0n) is 4.65. The summed E-state index contributed by atoms with van der Waals surface area (Å²) in [6.07, 6.45) is -1.19. The Balaban J connectivity index is 4.43. The third-order valence-corrected chi connectivity index (χ3v) is 0.834. The van der Waals surface area contributed by atoms with Crippen LogP contribution in [0, 0.1) is 0 Å². The first-order valence-electron chi connectivity index (χ1n) is 2.20. The van der Waals surface area contributed by atoms with Crippen LogP contribution in [0.2, 0.25) is 0 Å². The molecule has 2 nitrogen and oxygen atoms in total. The molecule has 0 aliphatic carbocycles. The molecular formula is C4H4F4O2. The van der Waals surface area contributed by atoms with Crippen molar-refractivity contribution in [3.05, 3.63) is 0 Å². The van der Waals surface area contributed by atoms with Gasteiger partial charge in [0.25, 0.3) is 0 Å². The van der Waals surface area contributed by atoms with Crippen LogP contribution in [0.4, 0.5) is 17.6 Å². The monoisotopic (exact) mass is 160 g/mol. The van der Waals surface area contributed by atoms with Crippen molar-refractivity contribution < 1.29 is 27.5 Å². The lowest BCUT2D eigenvalue weighted by molar-refractivity contribution is -0.211. The fourth-order valence-corrected chi connectivity index (χ4v) is 0.192. The molecule has 0 radical (unpaired) electrons. The van der Waals surface area contributed by atoms with E-state index in [0.717, 1.165) is 0 Å². The zero-order chi connectivity index (χ0) is 8.41. The largest absolute Gasteiger partial charge is 0.390 e. The van der Waals surface area contributed by atoms with Crippen molar-refractivity contribution >= 4 is 6.29 Å². The fraction of sp³-hybridized carbons (Fsp3) is 0.750. The summed E-state index contributed by atoms with van der Waals surface area (Å²) in [5, 5.41) is 7.67. The molecule has 0 spiro atoms. The highest BCUT2D eigenvalue weighted by Crippen LogP contribution is 2.31. The first-order valence-corrected chi connectivity index (χ1v) is 2.20. The number of rotatable bonds is 3. The molecule has 0 aromatic carbocycles. The smallest absolute Gasteiger partial charge is 0.366 e. The van der Waals surface area contributed by atoms with Crippen molar-refractivity contribution in [2.24, 2.45) is 0 Å². The topological polar surface area (TPSA) is 37.3 Å². The van der Waals surface area contributed by atoms with Crippen molar-refractivity contribution in [2.75, 3.05) is 6.61 Å². The van der Waals surface area contributed by atoms with Crippen LogP contribution in [0.3, 0.4) is 0 Å². The molecular weight excluding hydrogens is 156 g/mol. The Morgan fingerprint density at radius 3 is 1.80 bits per heavy atom. The number of carbonyl (C=O) groups excluding carboxylic acids is 1. The van der Waals surface area contributed by atoms with Crippen LogP contribution < -0.4 is 0 Å². The van der Waals surface area contributed by atoms with Crippen molar-refractivity contribution in [3.63, 3.8) is 0 Å². The number of aldehydes is 1. The van der Waals surface area contributed by atoms with E-state index in [1.807, 2.05) is 0 Å². The number of carbonyl (C=O) groups is 1. The van der Waals surface area contributed by atoms with E-state index in [9.17, 15) is 22.4 Å². The fourth-order valence-electron chi connectivity index (χ4n) is 0.192. The average Bonchev–Trinajstić information content (AvgIpc) is 1.88. The van der Waals surface area contributed by atoms with Gasteiger partial charge in [0.1, 0.15) is 6.61 Å². The number of alkyl halides is 4. The van der Waals surface area contributed by atoms with Gasteiger partial charge in [-0.25, -0.2) is 0 Å². The molecule has 0 rings (SSSR count). The second-order valence-electron chi connectivity index (χ2n) is 1.60. The van der Waals surface area contributed by atoms with Crippen LogP contribution in [-0.2, 0) is 4.79 Å². The Bertz CT molecular complexity index is 133. The van der Waals surface area contributed by atoms with Gasteiger partial charge in [-0.1, -0.05) is 0 Å². The molecule has 1 N–H and O–H groups in total. The van der Waals surface area contributed by atoms with Gasteiger partial charge < -0.3 is 5.11 Å². The molecule has 0 unspecified atom stereocenters. The van der Waals surface area contributed by atoms with E-state index in [-0.39, 0.29) is 0 Å². The minimum absolute atomic E-state index is 1.19. The summed E-state index contributed by atoms with van der Waals surface area (Å²) >= 11 is 0. The molecule has 0 amide bonds. The average molecular weight is 160 g/mol. The summed E-state index contributed by atoms with van der Waals surface area (Å²) in [7, 11) is 0. The third-order valence-electron chi connectivity index (χ3n) is 0.834. The molecule has 0 saturated heterocycles. The first kappa shape index (κ1) is 9.35. The van der Waals surface area contributed by atoms with Gasteiger partial charge in [-0.15, -0.1) is 0 Å². The van der Waals surface area contributed by atoms with E-state index in [2.05, 4.69) is 0 Å². The Morgan fingerprint density at radius 1 is 1.30 bits per heavy atom. The number of hydrogen-bond acceptors (Lipinski definition) is 2. The van der Waals surface area contributed by atoms with Crippen LogP contribution in [0.25, 0.3) is 0 Å². The lowest BCUT2D eigenvalue weighted by Gasteiger charge is -2.18. The molecule has 0 saturated carbocycles. The van der Waals surface area contributed by atoms with E-state index in [4.69, 9.17) is 5.11 Å². The quantitative estimate of drug-likeness (QED) is 0.480. The standard InChI is InChI=1S/C4H4F4O2/c5-3(6,1-9)4(7,8)2-10/h1,10H,2H2. The summed E-state index contributed by atoms with van der Waals surface area (Å²) < 4.78 is 46.7. The second-order valence-corrected chi connectivity index (χ2v) is 1.60. The van der Waals surface area contributed by atoms with Crippen LogP contribution in [0.5, 0.6) is 0 Å². The predicted molar refractivity (Wildman–Crippen MR) is 23.0 cm³/mol. The van der Waals surface area contributed by atoms with E-state index in [1.165, 1.54) is 0 Å². The van der Waals surface area contributed by atoms with Crippen LogP contribution >= 0.6 is 0 Å². The molecule has 0 aromatic rings. The number of aliphatic hydroxyl groups is 1. The summed E-state index contributed by atoms with van der Waals surface area (Å²) in [5.74, 6) is -9.43. The first-order chi connectivity index (χ1) is 4.37. The summed E-state index contributed by atoms with van der Waals surface area (Å²) in [6, 6.07) is 0. The Morgan fingerprint density at radius 2 is 1.70 bits per heavy atom. The molecule has 0 atom stereocenters. The van der Waals surface area contributed by atoms with Gasteiger partial charge in [-0.3, -0.25) is 4.79 Å². The van der Waals surface area contributed by atoms with Gasteiger partial charge >= 0.3 is 11.8 Å². The minimum Gasteiger partial charge on any atom is -0.390 e. The molecule has 60 valence electrons. The minimum atomic E-state index is -4.78. The SMILES string of the molecule is O=CC(F)(F)C(F)(F)CO. The van der Waals surface area contributed by atoms with Gasteiger partial charge in [0.15, 0.2) is 6.29 Å². The molecule has 0 heterocycles. The van der Waals surface area contributed by atoms with Crippen molar-refractivity contribution in [1.82, 2.24) is 0 Å². The summed E-state index contributed by atoms with van der Waals surface area (Å²) in [4.78, 5) is 9.29. The van der Waals surface area contributed by atoms with Crippen molar-refractivity contribution in [2.45, 2.75) is 11.8 Å². The van der Waals surface area contributed by atoms with Crippen LogP contribution in [-0.4, -0.2) is 29.8 Å². The number of halogens is 4. The van der Waals surface area contributed by atoms with Gasteiger partial charge in [-0.2, -0.15) is 17.6 Å². The van der Waals surface area contributed by atoms with E-state index in [1.54, 1.807) is 0 Å².